The number of rotatable bonds is 7. The van der Waals surface area contributed by atoms with Crippen molar-refractivity contribution < 1.29 is 0 Å². The Morgan fingerprint density at radius 1 is 1.00 bits per heavy atom. The van der Waals surface area contributed by atoms with Crippen LogP contribution in [-0.2, 0) is 12.6 Å². The summed E-state index contributed by atoms with van der Waals surface area (Å²) in [6.45, 7) is 12.0. The van der Waals surface area contributed by atoms with Gasteiger partial charge in [-0.15, -0.1) is 0 Å². The highest BCUT2D eigenvalue weighted by molar-refractivity contribution is 5.78. The van der Waals surface area contributed by atoms with Crippen LogP contribution >= 0.6 is 0 Å². The number of hydrogen-bond acceptors (Lipinski definition) is 4. The third-order valence-corrected chi connectivity index (χ3v) is 7.16. The van der Waals surface area contributed by atoms with Crippen LogP contribution in [0.25, 0.3) is 11.0 Å². The maximum atomic E-state index is 6.99. The fourth-order valence-electron chi connectivity index (χ4n) is 5.01. The Morgan fingerprint density at radius 3 is 2.35 bits per heavy atom. The Bertz CT molecular complexity index is 1020. The van der Waals surface area contributed by atoms with Crippen molar-refractivity contribution in [3.8, 4) is 0 Å². The number of fused-ring (bicyclic) bond motifs is 1. The molecule has 5 heteroatoms. The minimum atomic E-state index is -0.264. The Hall–Kier alpha value is -2.37. The van der Waals surface area contributed by atoms with E-state index in [1.54, 1.807) is 0 Å². The topological polar surface area (TPSA) is 50.3 Å². The normalized spacial score (nSPS) is 17.4. The van der Waals surface area contributed by atoms with Crippen LogP contribution in [0.2, 0.25) is 0 Å². The molecule has 0 radical (unpaired) electrons. The minimum absolute atomic E-state index is 0.264. The number of aromatic nitrogens is 2. The Balaban J connectivity index is 1.34. The molecule has 4 rings (SSSR count). The van der Waals surface area contributed by atoms with Crippen molar-refractivity contribution in [2.75, 3.05) is 37.6 Å². The van der Waals surface area contributed by atoms with Gasteiger partial charge >= 0.3 is 0 Å². The summed E-state index contributed by atoms with van der Waals surface area (Å²) in [7, 11) is 2.12. The summed E-state index contributed by atoms with van der Waals surface area (Å²) in [6, 6.07) is 17.0. The van der Waals surface area contributed by atoms with Crippen molar-refractivity contribution in [1.82, 2.24) is 14.5 Å². The molecule has 2 heterocycles. The van der Waals surface area contributed by atoms with Crippen LogP contribution in [0.3, 0.4) is 0 Å². The summed E-state index contributed by atoms with van der Waals surface area (Å²) in [5.41, 5.74) is 11.6. The molecule has 3 aromatic rings. The van der Waals surface area contributed by atoms with E-state index in [4.69, 9.17) is 10.7 Å². The van der Waals surface area contributed by atoms with E-state index in [0.29, 0.717) is 5.92 Å². The van der Waals surface area contributed by atoms with Crippen LogP contribution < -0.4 is 10.6 Å². The second kappa shape index (κ2) is 9.01. The first-order chi connectivity index (χ1) is 14.9. The van der Waals surface area contributed by atoms with Crippen LogP contribution in [0.5, 0.6) is 0 Å². The van der Waals surface area contributed by atoms with Gasteiger partial charge in [0.2, 0.25) is 5.95 Å². The zero-order chi connectivity index (χ0) is 22.0. The first-order valence-electron chi connectivity index (χ1n) is 11.6. The standard InChI is InChI=1S/C26H37N5/c1-20(2)26(27,22-11-6-5-10-21(22)3)14-9-15-30-16-18-31(19-17-30)25-28-23-12-7-8-13-24(23)29(25)4/h5-8,10-13,20H,9,14-19,27H2,1-4H3. The Labute approximate surface area is 186 Å². The van der Waals surface area contributed by atoms with Gasteiger partial charge in [-0.25, -0.2) is 4.98 Å². The summed E-state index contributed by atoms with van der Waals surface area (Å²) in [6.07, 6.45) is 2.13. The summed E-state index contributed by atoms with van der Waals surface area (Å²) >= 11 is 0. The van der Waals surface area contributed by atoms with Gasteiger partial charge in [0.1, 0.15) is 0 Å². The number of anilines is 1. The molecule has 1 fully saturated rings. The van der Waals surface area contributed by atoms with Crippen LogP contribution in [0, 0.1) is 12.8 Å². The number of para-hydroxylation sites is 2. The highest BCUT2D eigenvalue weighted by Crippen LogP contribution is 2.33. The number of hydrogen-bond donors (Lipinski definition) is 1. The first kappa shape index (κ1) is 21.8. The van der Waals surface area contributed by atoms with E-state index < -0.39 is 0 Å². The Morgan fingerprint density at radius 2 is 1.68 bits per heavy atom. The van der Waals surface area contributed by atoms with E-state index in [1.807, 2.05) is 0 Å². The molecule has 0 spiro atoms. The number of aryl methyl sites for hydroxylation is 2. The van der Waals surface area contributed by atoms with Gasteiger partial charge in [-0.3, -0.25) is 4.90 Å². The fourth-order valence-corrected chi connectivity index (χ4v) is 5.01. The van der Waals surface area contributed by atoms with Crippen LogP contribution in [0.15, 0.2) is 48.5 Å². The average Bonchev–Trinajstić information content (AvgIpc) is 3.11. The van der Waals surface area contributed by atoms with Gasteiger partial charge in [0.05, 0.1) is 11.0 Å². The van der Waals surface area contributed by atoms with Crippen LogP contribution in [0.1, 0.15) is 37.8 Å². The maximum Gasteiger partial charge on any atom is 0.206 e. The number of nitrogens with two attached hydrogens (primary N) is 1. The lowest BCUT2D eigenvalue weighted by molar-refractivity contribution is 0.222. The van der Waals surface area contributed by atoms with Gasteiger partial charge in [-0.05, 0) is 55.5 Å². The third kappa shape index (κ3) is 4.35. The summed E-state index contributed by atoms with van der Waals surface area (Å²) in [5.74, 6) is 1.49. The SMILES string of the molecule is Cc1ccccc1C(N)(CCCN1CCN(c2nc3ccccc3n2C)CC1)C(C)C. The fraction of sp³-hybridized carbons (Fsp3) is 0.500. The summed E-state index contributed by atoms with van der Waals surface area (Å²) < 4.78 is 2.22. The monoisotopic (exact) mass is 419 g/mol. The summed E-state index contributed by atoms with van der Waals surface area (Å²) in [5, 5.41) is 0. The molecule has 0 bridgehead atoms. The molecule has 1 aromatic heterocycles. The molecule has 0 saturated carbocycles. The minimum Gasteiger partial charge on any atom is -0.340 e. The third-order valence-electron chi connectivity index (χ3n) is 7.16. The predicted octanol–water partition coefficient (Wildman–Crippen LogP) is 4.29. The molecule has 1 aliphatic heterocycles. The molecule has 1 saturated heterocycles. The molecular weight excluding hydrogens is 382 g/mol. The van der Waals surface area contributed by atoms with Crippen molar-refractivity contribution in [3.05, 3.63) is 59.7 Å². The lowest BCUT2D eigenvalue weighted by Crippen LogP contribution is -2.48. The zero-order valence-corrected chi connectivity index (χ0v) is 19.5. The van der Waals surface area contributed by atoms with Crippen molar-refractivity contribution in [1.29, 1.82) is 0 Å². The maximum absolute atomic E-state index is 6.99. The molecule has 0 aliphatic carbocycles. The van der Waals surface area contributed by atoms with Crippen molar-refractivity contribution in [3.63, 3.8) is 0 Å². The lowest BCUT2D eigenvalue weighted by atomic mass is 9.75. The van der Waals surface area contributed by atoms with Crippen molar-refractivity contribution in [2.24, 2.45) is 18.7 Å². The molecule has 31 heavy (non-hydrogen) atoms. The molecule has 166 valence electrons. The van der Waals surface area contributed by atoms with Crippen molar-refractivity contribution in [2.45, 2.75) is 39.2 Å². The summed E-state index contributed by atoms with van der Waals surface area (Å²) in [4.78, 5) is 9.87. The number of nitrogens with zero attached hydrogens (tertiary/aromatic N) is 4. The highest BCUT2D eigenvalue weighted by Gasteiger charge is 2.32. The number of benzene rings is 2. The van der Waals surface area contributed by atoms with E-state index >= 15 is 0 Å². The van der Waals surface area contributed by atoms with E-state index in [0.717, 1.165) is 57.0 Å². The van der Waals surface area contributed by atoms with E-state index in [9.17, 15) is 0 Å². The largest absolute Gasteiger partial charge is 0.340 e. The molecule has 2 N–H and O–H groups in total. The van der Waals surface area contributed by atoms with E-state index in [1.165, 1.54) is 16.6 Å². The van der Waals surface area contributed by atoms with Gasteiger partial charge < -0.3 is 15.2 Å². The highest BCUT2D eigenvalue weighted by atomic mass is 15.3. The van der Waals surface area contributed by atoms with E-state index in [2.05, 4.69) is 90.7 Å². The average molecular weight is 420 g/mol. The Kier molecular flexibility index (Phi) is 6.35. The molecule has 5 nitrogen and oxygen atoms in total. The quantitative estimate of drug-likeness (QED) is 0.621. The lowest BCUT2D eigenvalue weighted by Gasteiger charge is -2.38. The molecule has 1 atom stereocenters. The molecule has 0 amide bonds. The zero-order valence-electron chi connectivity index (χ0n) is 19.5. The second-order valence-corrected chi connectivity index (χ2v) is 9.40. The van der Waals surface area contributed by atoms with Gasteiger partial charge in [-0.1, -0.05) is 50.2 Å². The number of piperazine rings is 1. The van der Waals surface area contributed by atoms with Gasteiger partial charge in [0.25, 0.3) is 0 Å². The first-order valence-corrected chi connectivity index (χ1v) is 11.6. The van der Waals surface area contributed by atoms with Crippen molar-refractivity contribution >= 4 is 17.0 Å². The number of imidazole rings is 1. The van der Waals surface area contributed by atoms with Gasteiger partial charge in [0.15, 0.2) is 0 Å². The van der Waals surface area contributed by atoms with E-state index in [-0.39, 0.29) is 5.54 Å². The van der Waals surface area contributed by atoms with Gasteiger partial charge in [-0.2, -0.15) is 0 Å². The van der Waals surface area contributed by atoms with Crippen LogP contribution in [0.4, 0.5) is 5.95 Å². The predicted molar refractivity (Wildman–Crippen MR) is 130 cm³/mol. The molecule has 2 aromatic carbocycles. The van der Waals surface area contributed by atoms with Crippen LogP contribution in [-0.4, -0.2) is 47.2 Å². The smallest absolute Gasteiger partial charge is 0.206 e. The molecule has 1 unspecified atom stereocenters. The molecule has 1 aliphatic rings. The molecular formula is C26H37N5. The second-order valence-electron chi connectivity index (χ2n) is 9.40. The van der Waals surface area contributed by atoms with Gasteiger partial charge in [0, 0.05) is 38.8 Å².